The quantitative estimate of drug-likeness (QED) is 0.868. The Morgan fingerprint density at radius 1 is 1.53 bits per heavy atom. The molecule has 0 saturated carbocycles. The molecule has 80 valence electrons. The van der Waals surface area contributed by atoms with Gasteiger partial charge in [-0.05, 0) is 26.1 Å². The van der Waals surface area contributed by atoms with Crippen LogP contribution >= 0.6 is 22.9 Å². The van der Waals surface area contributed by atoms with Crippen LogP contribution in [0.3, 0.4) is 0 Å². The first-order valence-electron chi connectivity index (χ1n) is 4.66. The number of aromatic nitrogens is 2. The molecule has 2 aromatic rings. The van der Waals surface area contributed by atoms with Crippen LogP contribution in [-0.4, -0.2) is 17.2 Å². The van der Waals surface area contributed by atoms with E-state index < -0.39 is 0 Å². The summed E-state index contributed by atoms with van der Waals surface area (Å²) in [5.41, 5.74) is 3.29. The molecule has 0 fully saturated rings. The van der Waals surface area contributed by atoms with Crippen LogP contribution in [0.1, 0.15) is 11.4 Å². The lowest BCUT2D eigenvalue weighted by atomic mass is 10.1. The second kappa shape index (κ2) is 4.35. The molecule has 0 aliphatic rings. The van der Waals surface area contributed by atoms with Crippen LogP contribution in [0.4, 0.5) is 0 Å². The van der Waals surface area contributed by atoms with E-state index in [2.05, 4.69) is 15.5 Å². The Bertz CT molecular complexity index is 461. The molecule has 0 radical (unpaired) electrons. The zero-order valence-corrected chi connectivity index (χ0v) is 10.2. The molecule has 0 bridgehead atoms. The predicted molar refractivity (Wildman–Crippen MR) is 64.4 cm³/mol. The van der Waals surface area contributed by atoms with Crippen LogP contribution in [0.2, 0.25) is 4.34 Å². The lowest BCUT2D eigenvalue weighted by Gasteiger charge is -1.99. The highest BCUT2D eigenvalue weighted by Gasteiger charge is 2.13. The van der Waals surface area contributed by atoms with Gasteiger partial charge in [-0.3, -0.25) is 5.10 Å². The molecule has 2 aromatic heterocycles. The molecule has 0 atom stereocenters. The number of nitrogens with zero attached hydrogens (tertiary/aromatic N) is 1. The van der Waals surface area contributed by atoms with Crippen LogP contribution in [-0.2, 0) is 6.54 Å². The lowest BCUT2D eigenvalue weighted by molar-refractivity contribution is 0.785. The zero-order chi connectivity index (χ0) is 10.8. The van der Waals surface area contributed by atoms with Gasteiger partial charge in [0.25, 0.3) is 0 Å². The molecule has 15 heavy (non-hydrogen) atoms. The molecule has 2 rings (SSSR count). The summed E-state index contributed by atoms with van der Waals surface area (Å²) < 4.78 is 0.806. The van der Waals surface area contributed by atoms with Crippen molar-refractivity contribution in [1.29, 1.82) is 0 Å². The van der Waals surface area contributed by atoms with Gasteiger partial charge >= 0.3 is 0 Å². The molecule has 0 unspecified atom stereocenters. The van der Waals surface area contributed by atoms with Crippen molar-refractivity contribution >= 4 is 22.9 Å². The van der Waals surface area contributed by atoms with Crippen LogP contribution in [0, 0.1) is 6.92 Å². The second-order valence-electron chi connectivity index (χ2n) is 3.30. The average Bonchev–Trinajstić information content (AvgIpc) is 2.74. The van der Waals surface area contributed by atoms with E-state index in [1.165, 1.54) is 5.56 Å². The van der Waals surface area contributed by atoms with Gasteiger partial charge in [-0.1, -0.05) is 11.6 Å². The van der Waals surface area contributed by atoms with Crippen molar-refractivity contribution in [3.8, 4) is 10.4 Å². The fraction of sp³-hybridized carbons (Fsp3) is 0.300. The maximum atomic E-state index is 5.93. The lowest BCUT2D eigenvalue weighted by Crippen LogP contribution is -2.06. The summed E-state index contributed by atoms with van der Waals surface area (Å²) in [6.45, 7) is 2.78. The average molecular weight is 242 g/mol. The van der Waals surface area contributed by atoms with Gasteiger partial charge in [0, 0.05) is 22.7 Å². The molecule has 0 aromatic carbocycles. The Balaban J connectivity index is 2.46. The summed E-state index contributed by atoms with van der Waals surface area (Å²) in [7, 11) is 1.91. The van der Waals surface area contributed by atoms with Gasteiger partial charge < -0.3 is 5.32 Å². The van der Waals surface area contributed by atoms with E-state index in [0.29, 0.717) is 0 Å². The van der Waals surface area contributed by atoms with Crippen LogP contribution in [0.15, 0.2) is 12.1 Å². The summed E-state index contributed by atoms with van der Waals surface area (Å²) in [5, 5.41) is 10.4. The Labute approximate surface area is 97.5 Å². The highest BCUT2D eigenvalue weighted by Crippen LogP contribution is 2.34. The molecular formula is C10H12ClN3S. The van der Waals surface area contributed by atoms with E-state index in [1.807, 2.05) is 26.1 Å². The van der Waals surface area contributed by atoms with Crippen molar-refractivity contribution < 1.29 is 0 Å². The number of aryl methyl sites for hydroxylation is 1. The van der Waals surface area contributed by atoms with Gasteiger partial charge in [0.2, 0.25) is 0 Å². The molecule has 0 aliphatic carbocycles. The smallest absolute Gasteiger partial charge is 0.0934 e. The summed E-state index contributed by atoms with van der Waals surface area (Å²) in [6.07, 6.45) is 0. The standard InChI is InChI=1S/C10H12ClN3S/c1-6-10(7(5-12-2)14-13-6)8-3-4-9(11)15-8/h3-4,12H,5H2,1-2H3,(H,13,14). The minimum Gasteiger partial charge on any atom is -0.314 e. The second-order valence-corrected chi connectivity index (χ2v) is 5.02. The largest absolute Gasteiger partial charge is 0.314 e. The Kier molecular flexibility index (Phi) is 3.09. The Morgan fingerprint density at radius 3 is 2.93 bits per heavy atom. The van der Waals surface area contributed by atoms with Crippen molar-refractivity contribution in [3.63, 3.8) is 0 Å². The number of thiophene rings is 1. The van der Waals surface area contributed by atoms with Gasteiger partial charge in [-0.2, -0.15) is 5.10 Å². The third kappa shape index (κ3) is 2.07. The number of hydrogen-bond acceptors (Lipinski definition) is 3. The van der Waals surface area contributed by atoms with Gasteiger partial charge in [0.15, 0.2) is 0 Å². The highest BCUT2D eigenvalue weighted by molar-refractivity contribution is 7.19. The van der Waals surface area contributed by atoms with Crippen LogP contribution < -0.4 is 5.32 Å². The summed E-state index contributed by atoms with van der Waals surface area (Å²) in [4.78, 5) is 1.16. The van der Waals surface area contributed by atoms with Crippen molar-refractivity contribution in [2.24, 2.45) is 0 Å². The molecule has 5 heteroatoms. The highest BCUT2D eigenvalue weighted by atomic mass is 35.5. The molecular weight excluding hydrogens is 230 g/mol. The first-order chi connectivity index (χ1) is 7.22. The maximum absolute atomic E-state index is 5.93. The molecule has 0 aliphatic heterocycles. The number of halogens is 1. The number of rotatable bonds is 3. The van der Waals surface area contributed by atoms with E-state index in [4.69, 9.17) is 11.6 Å². The zero-order valence-electron chi connectivity index (χ0n) is 8.60. The van der Waals surface area contributed by atoms with Gasteiger partial charge in [0.05, 0.1) is 10.0 Å². The fourth-order valence-electron chi connectivity index (χ4n) is 1.55. The Morgan fingerprint density at radius 2 is 2.33 bits per heavy atom. The third-order valence-electron chi connectivity index (χ3n) is 2.19. The SMILES string of the molecule is CNCc1n[nH]c(C)c1-c1ccc(Cl)s1. The first-order valence-corrected chi connectivity index (χ1v) is 5.86. The van der Waals surface area contributed by atoms with E-state index in [9.17, 15) is 0 Å². The molecule has 2 N–H and O–H groups in total. The van der Waals surface area contributed by atoms with Crippen LogP contribution in [0.25, 0.3) is 10.4 Å². The molecule has 2 heterocycles. The minimum atomic E-state index is 0.759. The van der Waals surface area contributed by atoms with Gasteiger partial charge in [0.1, 0.15) is 0 Å². The summed E-state index contributed by atoms with van der Waals surface area (Å²) >= 11 is 7.51. The molecule has 0 amide bonds. The molecule has 0 saturated heterocycles. The number of hydrogen-bond donors (Lipinski definition) is 2. The number of nitrogens with one attached hydrogen (secondary N) is 2. The van der Waals surface area contributed by atoms with Crippen molar-refractivity contribution in [2.45, 2.75) is 13.5 Å². The van der Waals surface area contributed by atoms with E-state index in [-0.39, 0.29) is 0 Å². The topological polar surface area (TPSA) is 40.7 Å². The molecule has 0 spiro atoms. The maximum Gasteiger partial charge on any atom is 0.0934 e. The Hall–Kier alpha value is -0.840. The van der Waals surface area contributed by atoms with E-state index in [0.717, 1.165) is 27.1 Å². The number of aromatic amines is 1. The van der Waals surface area contributed by atoms with Crippen molar-refractivity contribution in [3.05, 3.63) is 27.9 Å². The fourth-order valence-corrected chi connectivity index (χ4v) is 2.72. The monoisotopic (exact) mass is 241 g/mol. The minimum absolute atomic E-state index is 0.759. The van der Waals surface area contributed by atoms with Gasteiger partial charge in [-0.25, -0.2) is 0 Å². The van der Waals surface area contributed by atoms with Crippen molar-refractivity contribution in [2.75, 3.05) is 7.05 Å². The third-order valence-corrected chi connectivity index (χ3v) is 3.43. The summed E-state index contributed by atoms with van der Waals surface area (Å²) in [6, 6.07) is 3.95. The van der Waals surface area contributed by atoms with Crippen LogP contribution in [0.5, 0.6) is 0 Å². The predicted octanol–water partition coefficient (Wildman–Crippen LogP) is 2.82. The van der Waals surface area contributed by atoms with Crippen molar-refractivity contribution in [1.82, 2.24) is 15.5 Å². The van der Waals surface area contributed by atoms with E-state index in [1.54, 1.807) is 11.3 Å². The van der Waals surface area contributed by atoms with Gasteiger partial charge in [-0.15, -0.1) is 11.3 Å². The molecule has 3 nitrogen and oxygen atoms in total. The normalized spacial score (nSPS) is 10.9. The van der Waals surface area contributed by atoms with E-state index >= 15 is 0 Å². The summed E-state index contributed by atoms with van der Waals surface area (Å²) in [5.74, 6) is 0. The first kappa shape index (κ1) is 10.7. The number of H-pyrrole nitrogens is 1.